The van der Waals surface area contributed by atoms with E-state index in [1.165, 1.54) is 6.92 Å². The Morgan fingerprint density at radius 2 is 1.65 bits per heavy atom. The summed E-state index contributed by atoms with van der Waals surface area (Å²) in [4.78, 5) is 11.1. The molecule has 0 saturated heterocycles. The van der Waals surface area contributed by atoms with Crippen LogP contribution >= 0.6 is 15.9 Å². The number of benzene rings is 1. The van der Waals surface area contributed by atoms with Crippen molar-refractivity contribution in [2.24, 2.45) is 0 Å². The van der Waals surface area contributed by atoms with E-state index in [1.54, 1.807) is 0 Å². The molecule has 0 bridgehead atoms. The van der Waals surface area contributed by atoms with Gasteiger partial charge in [0.25, 0.3) is 6.10 Å². The fourth-order valence-electron chi connectivity index (χ4n) is 1.31. The highest BCUT2D eigenvalue weighted by atomic mass is 79.9. The number of alkyl halides is 6. The first-order chi connectivity index (χ1) is 8.93. The fourth-order valence-corrected chi connectivity index (χ4v) is 1.95. The monoisotopic (exact) mass is 364 g/mol. The van der Waals surface area contributed by atoms with Gasteiger partial charge in [-0.2, -0.15) is 26.3 Å². The van der Waals surface area contributed by atoms with Gasteiger partial charge in [0.15, 0.2) is 5.78 Å². The Morgan fingerprint density at radius 3 is 2.00 bits per heavy atom. The lowest BCUT2D eigenvalue weighted by Gasteiger charge is -2.24. The molecule has 0 aliphatic carbocycles. The van der Waals surface area contributed by atoms with Crippen molar-refractivity contribution < 1.29 is 35.9 Å². The molecule has 0 saturated carbocycles. The third-order valence-electron chi connectivity index (χ3n) is 2.17. The summed E-state index contributed by atoms with van der Waals surface area (Å²) in [6.45, 7) is 1.20. The Kier molecular flexibility index (Phi) is 4.73. The number of Topliss-reactive ketones (excluding diaryl/α,β-unsaturated/α-hetero) is 1. The van der Waals surface area contributed by atoms with E-state index in [0.29, 0.717) is 0 Å². The molecule has 112 valence electrons. The van der Waals surface area contributed by atoms with Gasteiger partial charge in [-0.05, 0) is 41.1 Å². The third kappa shape index (κ3) is 4.12. The summed E-state index contributed by atoms with van der Waals surface area (Å²) in [7, 11) is 0. The van der Waals surface area contributed by atoms with E-state index in [-0.39, 0.29) is 10.0 Å². The van der Waals surface area contributed by atoms with Gasteiger partial charge in [0.2, 0.25) is 0 Å². The van der Waals surface area contributed by atoms with Crippen molar-refractivity contribution in [3.63, 3.8) is 0 Å². The highest BCUT2D eigenvalue weighted by Crippen LogP contribution is 2.37. The van der Waals surface area contributed by atoms with Gasteiger partial charge in [-0.3, -0.25) is 4.79 Å². The van der Waals surface area contributed by atoms with Crippen molar-refractivity contribution in [2.75, 3.05) is 0 Å². The van der Waals surface area contributed by atoms with Crippen LogP contribution in [0.1, 0.15) is 17.3 Å². The molecule has 1 aromatic carbocycles. The molecular formula is C11H7BrF6O2. The molecule has 0 atom stereocenters. The summed E-state index contributed by atoms with van der Waals surface area (Å²) in [6.07, 6.45) is -15.1. The SMILES string of the molecule is CC(=O)c1ccc(OC(C(F)(F)F)C(F)(F)F)cc1Br. The molecule has 20 heavy (non-hydrogen) atoms. The molecule has 0 spiro atoms. The van der Waals surface area contributed by atoms with E-state index < -0.39 is 30.0 Å². The zero-order valence-electron chi connectivity index (χ0n) is 9.77. The second kappa shape index (κ2) is 5.63. The minimum absolute atomic E-state index is 0.0469. The zero-order chi connectivity index (χ0) is 15.7. The van der Waals surface area contributed by atoms with Crippen LogP contribution in [0.25, 0.3) is 0 Å². The lowest BCUT2D eigenvalue weighted by Crippen LogP contribution is -2.46. The molecule has 1 rings (SSSR count). The third-order valence-corrected chi connectivity index (χ3v) is 2.82. The summed E-state index contributed by atoms with van der Waals surface area (Å²) >= 11 is 2.88. The highest BCUT2D eigenvalue weighted by molar-refractivity contribution is 9.10. The van der Waals surface area contributed by atoms with Crippen LogP contribution in [-0.2, 0) is 0 Å². The van der Waals surface area contributed by atoms with Crippen molar-refractivity contribution in [3.8, 4) is 5.75 Å². The van der Waals surface area contributed by atoms with Gasteiger partial charge in [0.1, 0.15) is 5.75 Å². The minimum atomic E-state index is -5.59. The van der Waals surface area contributed by atoms with Crippen molar-refractivity contribution in [3.05, 3.63) is 28.2 Å². The maximum absolute atomic E-state index is 12.3. The van der Waals surface area contributed by atoms with E-state index in [0.717, 1.165) is 18.2 Å². The molecule has 1 aromatic rings. The lowest BCUT2D eigenvalue weighted by atomic mass is 10.1. The average Bonchev–Trinajstić information content (AvgIpc) is 2.22. The van der Waals surface area contributed by atoms with Crippen LogP contribution in [0.4, 0.5) is 26.3 Å². The maximum Gasteiger partial charge on any atom is 0.434 e. The van der Waals surface area contributed by atoms with Gasteiger partial charge in [0, 0.05) is 10.0 Å². The summed E-state index contributed by atoms with van der Waals surface area (Å²) in [5, 5.41) is 0. The number of hydrogen-bond donors (Lipinski definition) is 0. The fraction of sp³-hybridized carbons (Fsp3) is 0.364. The Bertz CT molecular complexity index is 495. The predicted octanol–water partition coefficient (Wildman–Crippen LogP) is 4.52. The average molecular weight is 365 g/mol. The molecule has 2 nitrogen and oxygen atoms in total. The van der Waals surface area contributed by atoms with E-state index in [9.17, 15) is 31.1 Å². The Labute approximate surface area is 117 Å². The van der Waals surface area contributed by atoms with Crippen LogP contribution < -0.4 is 4.74 Å². The van der Waals surface area contributed by atoms with Crippen LogP contribution in [0.2, 0.25) is 0 Å². The quantitative estimate of drug-likeness (QED) is 0.582. The molecule has 0 radical (unpaired) electrons. The summed E-state index contributed by atoms with van der Waals surface area (Å²) < 4.78 is 77.8. The summed E-state index contributed by atoms with van der Waals surface area (Å²) in [6, 6.07) is 2.82. The predicted molar refractivity (Wildman–Crippen MR) is 60.7 cm³/mol. The first-order valence-electron chi connectivity index (χ1n) is 5.03. The molecule has 0 amide bonds. The van der Waals surface area contributed by atoms with Crippen LogP contribution in [0.15, 0.2) is 22.7 Å². The Morgan fingerprint density at radius 1 is 1.15 bits per heavy atom. The topological polar surface area (TPSA) is 26.3 Å². The second-order valence-electron chi connectivity index (χ2n) is 3.78. The summed E-state index contributed by atoms with van der Waals surface area (Å²) in [5.41, 5.74) is 0.118. The molecule has 0 aliphatic rings. The van der Waals surface area contributed by atoms with Crippen molar-refractivity contribution in [1.82, 2.24) is 0 Å². The minimum Gasteiger partial charge on any atom is -0.471 e. The van der Waals surface area contributed by atoms with Gasteiger partial charge in [0.05, 0.1) is 0 Å². The first-order valence-corrected chi connectivity index (χ1v) is 5.83. The van der Waals surface area contributed by atoms with E-state index in [4.69, 9.17) is 0 Å². The van der Waals surface area contributed by atoms with E-state index in [1.807, 2.05) is 0 Å². The number of hydrogen-bond acceptors (Lipinski definition) is 2. The highest BCUT2D eigenvalue weighted by Gasteiger charge is 2.59. The number of carbonyl (C=O) groups is 1. The van der Waals surface area contributed by atoms with E-state index >= 15 is 0 Å². The van der Waals surface area contributed by atoms with Crippen LogP contribution in [0, 0.1) is 0 Å². The summed E-state index contributed by atoms with van der Waals surface area (Å²) in [5.74, 6) is -1.05. The maximum atomic E-state index is 12.3. The zero-order valence-corrected chi connectivity index (χ0v) is 11.4. The first kappa shape index (κ1) is 16.8. The van der Waals surface area contributed by atoms with Gasteiger partial charge in [-0.25, -0.2) is 0 Å². The molecule has 0 N–H and O–H groups in total. The largest absolute Gasteiger partial charge is 0.471 e. The van der Waals surface area contributed by atoms with Crippen LogP contribution in [0.3, 0.4) is 0 Å². The van der Waals surface area contributed by atoms with Gasteiger partial charge >= 0.3 is 12.4 Å². The molecule has 0 aliphatic heterocycles. The van der Waals surface area contributed by atoms with Gasteiger partial charge in [-0.1, -0.05) is 0 Å². The number of ether oxygens (including phenoxy) is 1. The normalized spacial score (nSPS) is 12.7. The number of rotatable bonds is 3. The Balaban J connectivity index is 3.08. The Hall–Kier alpha value is -1.25. The molecule has 9 heteroatoms. The number of halogens is 7. The van der Waals surface area contributed by atoms with Crippen molar-refractivity contribution >= 4 is 21.7 Å². The van der Waals surface area contributed by atoms with Crippen molar-refractivity contribution in [2.45, 2.75) is 25.4 Å². The molecule has 0 unspecified atom stereocenters. The number of ketones is 1. The molecule has 0 fully saturated rings. The molecule has 0 heterocycles. The van der Waals surface area contributed by atoms with Gasteiger partial charge < -0.3 is 4.74 Å². The molecular weight excluding hydrogens is 358 g/mol. The molecule has 0 aromatic heterocycles. The lowest BCUT2D eigenvalue weighted by molar-refractivity contribution is -0.299. The van der Waals surface area contributed by atoms with Crippen LogP contribution in [0.5, 0.6) is 5.75 Å². The smallest absolute Gasteiger partial charge is 0.434 e. The standard InChI is InChI=1S/C11H7BrF6O2/c1-5(19)7-3-2-6(4-8(7)12)20-9(10(13,14)15)11(16,17)18/h2-4,9H,1H3. The second-order valence-corrected chi connectivity index (χ2v) is 4.63. The van der Waals surface area contributed by atoms with Gasteiger partial charge in [-0.15, -0.1) is 0 Å². The number of carbonyl (C=O) groups excluding carboxylic acids is 1. The van der Waals surface area contributed by atoms with E-state index in [2.05, 4.69) is 20.7 Å². The van der Waals surface area contributed by atoms with Crippen LogP contribution in [-0.4, -0.2) is 24.2 Å². The van der Waals surface area contributed by atoms with Crippen molar-refractivity contribution in [1.29, 1.82) is 0 Å².